The molecule has 1 saturated carbocycles. The molecule has 2 atom stereocenters. The molecule has 0 bridgehead atoms. The van der Waals surface area contributed by atoms with Crippen molar-refractivity contribution in [3.8, 4) is 0 Å². The van der Waals surface area contributed by atoms with Crippen LogP contribution in [0.1, 0.15) is 53.4 Å². The normalized spacial score (nSPS) is 32.8. The molecule has 0 spiro atoms. The quantitative estimate of drug-likeness (QED) is 0.571. The molecule has 0 aromatic rings. The highest BCUT2D eigenvalue weighted by Gasteiger charge is 2.63. The average molecular weight is 311 g/mol. The molecule has 1 fully saturated rings. The lowest BCUT2D eigenvalue weighted by Gasteiger charge is -2.61. The van der Waals surface area contributed by atoms with Gasteiger partial charge in [-0.25, -0.2) is 4.79 Å². The summed E-state index contributed by atoms with van der Waals surface area (Å²) in [5.41, 5.74) is 0.336. The molecule has 0 heterocycles. The van der Waals surface area contributed by atoms with Crippen LogP contribution in [-0.4, -0.2) is 27.0 Å². The first-order valence-corrected chi connectivity index (χ1v) is 10.9. The van der Waals surface area contributed by atoms with E-state index in [1.54, 1.807) is 0 Å². The van der Waals surface area contributed by atoms with E-state index >= 15 is 0 Å². The van der Waals surface area contributed by atoms with Crippen LogP contribution in [0.4, 0.5) is 0 Å². The molecule has 0 aromatic carbocycles. The van der Waals surface area contributed by atoms with Gasteiger partial charge < -0.3 is 9.16 Å². The topological polar surface area (TPSA) is 35.5 Å². The predicted octanol–water partition coefficient (Wildman–Crippen LogP) is 4.44. The van der Waals surface area contributed by atoms with Gasteiger partial charge in [0.15, 0.2) is 8.32 Å². The Labute approximate surface area is 130 Å². The van der Waals surface area contributed by atoms with E-state index in [9.17, 15) is 4.79 Å². The van der Waals surface area contributed by atoms with Crippen molar-refractivity contribution in [3.05, 3.63) is 11.6 Å². The zero-order chi connectivity index (χ0) is 16.1. The summed E-state index contributed by atoms with van der Waals surface area (Å²) in [7, 11) is -0.491. The Kier molecular flexibility index (Phi) is 3.95. The first-order valence-electron chi connectivity index (χ1n) is 8.01. The van der Waals surface area contributed by atoms with E-state index in [0.29, 0.717) is 0 Å². The summed E-state index contributed by atoms with van der Waals surface area (Å²) in [6.07, 6.45) is 6.48. The average Bonchev–Trinajstić information content (AvgIpc) is 2.35. The number of fused-ring (bicyclic) bond motifs is 1. The summed E-state index contributed by atoms with van der Waals surface area (Å²) in [5.74, 6) is -0.215. The Morgan fingerprint density at radius 1 is 1.24 bits per heavy atom. The molecule has 4 heteroatoms. The van der Waals surface area contributed by atoms with Crippen LogP contribution in [-0.2, 0) is 14.0 Å². The molecule has 0 N–H and O–H groups in total. The van der Waals surface area contributed by atoms with Crippen molar-refractivity contribution in [2.24, 2.45) is 5.41 Å². The maximum absolute atomic E-state index is 12.2. The first-order chi connectivity index (χ1) is 9.49. The number of rotatable bonds is 3. The fourth-order valence-electron chi connectivity index (χ4n) is 3.49. The van der Waals surface area contributed by atoms with Crippen LogP contribution in [0.25, 0.3) is 0 Å². The predicted molar refractivity (Wildman–Crippen MR) is 87.7 cm³/mol. The van der Waals surface area contributed by atoms with E-state index in [4.69, 9.17) is 9.16 Å². The number of hydrogen-bond acceptors (Lipinski definition) is 3. The third kappa shape index (κ3) is 2.40. The van der Waals surface area contributed by atoms with Crippen LogP contribution < -0.4 is 0 Å². The molecule has 2 rings (SSSR count). The van der Waals surface area contributed by atoms with Gasteiger partial charge in [0.05, 0.1) is 18.3 Å². The van der Waals surface area contributed by atoms with Gasteiger partial charge in [-0.15, -0.1) is 0 Å². The molecule has 21 heavy (non-hydrogen) atoms. The number of carbonyl (C=O) groups is 1. The SMILES string of the molecule is COC(=O)C1=C[C@]2(C)CCCC[C@]12O[Si](C)(C)C(C)(C)C. The van der Waals surface area contributed by atoms with Gasteiger partial charge in [-0.05, 0) is 31.0 Å². The van der Waals surface area contributed by atoms with Gasteiger partial charge in [-0.1, -0.05) is 46.6 Å². The molecule has 0 amide bonds. The summed E-state index contributed by atoms with van der Waals surface area (Å²) >= 11 is 0. The van der Waals surface area contributed by atoms with E-state index in [2.05, 4.69) is 46.9 Å². The molecule has 0 radical (unpaired) electrons. The van der Waals surface area contributed by atoms with Gasteiger partial charge in [0.25, 0.3) is 0 Å². The van der Waals surface area contributed by atoms with E-state index in [1.165, 1.54) is 13.5 Å². The first kappa shape index (κ1) is 16.8. The highest BCUT2D eigenvalue weighted by atomic mass is 28.4. The maximum Gasteiger partial charge on any atom is 0.336 e. The minimum Gasteiger partial charge on any atom is -0.466 e. The number of carbonyl (C=O) groups excluding carboxylic acids is 1. The van der Waals surface area contributed by atoms with Crippen molar-refractivity contribution in [2.45, 2.75) is 77.1 Å². The van der Waals surface area contributed by atoms with Gasteiger partial charge in [0.2, 0.25) is 0 Å². The highest BCUT2D eigenvalue weighted by Crippen LogP contribution is 2.61. The summed E-state index contributed by atoms with van der Waals surface area (Å²) < 4.78 is 11.8. The van der Waals surface area contributed by atoms with Crippen molar-refractivity contribution in [2.75, 3.05) is 7.11 Å². The van der Waals surface area contributed by atoms with Crippen molar-refractivity contribution in [1.29, 1.82) is 0 Å². The maximum atomic E-state index is 12.2. The lowest BCUT2D eigenvalue weighted by molar-refractivity contribution is -0.145. The zero-order valence-corrected chi connectivity index (χ0v) is 15.6. The van der Waals surface area contributed by atoms with Gasteiger partial charge >= 0.3 is 5.97 Å². The molecule has 0 saturated heterocycles. The van der Waals surface area contributed by atoms with Crippen LogP contribution in [0.2, 0.25) is 18.1 Å². The van der Waals surface area contributed by atoms with E-state index in [1.807, 2.05) is 0 Å². The number of hydrogen-bond donors (Lipinski definition) is 0. The van der Waals surface area contributed by atoms with E-state index in [0.717, 1.165) is 24.8 Å². The molecule has 2 aliphatic carbocycles. The largest absolute Gasteiger partial charge is 0.466 e. The molecule has 120 valence electrons. The minimum absolute atomic E-state index is 0.00963. The van der Waals surface area contributed by atoms with Gasteiger partial charge in [-0.2, -0.15) is 0 Å². The smallest absolute Gasteiger partial charge is 0.336 e. The van der Waals surface area contributed by atoms with Crippen LogP contribution in [0.3, 0.4) is 0 Å². The summed E-state index contributed by atoms with van der Waals surface area (Å²) in [6, 6.07) is 0. The molecule has 3 nitrogen and oxygen atoms in total. The van der Waals surface area contributed by atoms with Crippen LogP contribution >= 0.6 is 0 Å². The Morgan fingerprint density at radius 2 is 1.81 bits per heavy atom. The molecule has 0 aromatic heterocycles. The number of ether oxygens (including phenoxy) is 1. The van der Waals surface area contributed by atoms with Crippen molar-refractivity contribution in [1.82, 2.24) is 0 Å². The van der Waals surface area contributed by atoms with Gasteiger partial charge in [0, 0.05) is 5.41 Å². The second-order valence-electron chi connectivity index (χ2n) is 8.36. The second-order valence-corrected chi connectivity index (χ2v) is 13.1. The summed E-state index contributed by atoms with van der Waals surface area (Å²) in [5, 5.41) is 0.136. The second kappa shape index (κ2) is 4.95. The van der Waals surface area contributed by atoms with E-state index < -0.39 is 13.9 Å². The number of methoxy groups -OCH3 is 1. The highest BCUT2D eigenvalue weighted by molar-refractivity contribution is 6.74. The summed E-state index contributed by atoms with van der Waals surface area (Å²) in [4.78, 5) is 12.2. The minimum atomic E-state index is -1.95. The van der Waals surface area contributed by atoms with Crippen LogP contribution in [0.15, 0.2) is 11.6 Å². The third-order valence-corrected chi connectivity index (χ3v) is 10.4. The fraction of sp³-hybridized carbons (Fsp3) is 0.824. The van der Waals surface area contributed by atoms with Crippen molar-refractivity contribution < 1.29 is 14.0 Å². The zero-order valence-electron chi connectivity index (χ0n) is 14.6. The van der Waals surface area contributed by atoms with Crippen molar-refractivity contribution in [3.63, 3.8) is 0 Å². The Hall–Kier alpha value is -0.613. The lowest BCUT2D eigenvalue weighted by Crippen LogP contribution is -2.64. The molecule has 0 unspecified atom stereocenters. The Balaban J connectivity index is 2.41. The van der Waals surface area contributed by atoms with Crippen LogP contribution in [0, 0.1) is 5.41 Å². The number of esters is 1. The van der Waals surface area contributed by atoms with Gasteiger partial charge in [0.1, 0.15) is 0 Å². The monoisotopic (exact) mass is 310 g/mol. The molecule has 2 aliphatic rings. The molecular weight excluding hydrogens is 280 g/mol. The van der Waals surface area contributed by atoms with Gasteiger partial charge in [-0.3, -0.25) is 0 Å². The molecular formula is C17H30O3Si. The Morgan fingerprint density at radius 3 is 2.29 bits per heavy atom. The standard InChI is InChI=1S/C17H30O3Si/c1-15(2,3)21(6,7)20-17-11-9-8-10-16(17,4)12-13(17)14(18)19-5/h12H,8-11H2,1-7H3/t16-,17-/m0/s1. The fourth-order valence-corrected chi connectivity index (χ4v) is 5.11. The third-order valence-electron chi connectivity index (χ3n) is 5.94. The molecule has 0 aliphatic heterocycles. The lowest BCUT2D eigenvalue weighted by atomic mass is 9.53. The Bertz CT molecular complexity index is 475. The summed E-state index contributed by atoms with van der Waals surface area (Å²) in [6.45, 7) is 13.5. The van der Waals surface area contributed by atoms with Crippen LogP contribution in [0.5, 0.6) is 0 Å². The van der Waals surface area contributed by atoms with E-state index in [-0.39, 0.29) is 16.4 Å². The van der Waals surface area contributed by atoms with Crippen molar-refractivity contribution >= 4 is 14.3 Å².